The summed E-state index contributed by atoms with van der Waals surface area (Å²) in [4.78, 5) is 102. The topological polar surface area (TPSA) is 293 Å². The van der Waals surface area contributed by atoms with Crippen molar-refractivity contribution < 1.29 is 81.3 Å². The van der Waals surface area contributed by atoms with E-state index in [1.54, 1.807) is 67.6 Å². The molecule has 7 amide bonds. The number of hydrogen-bond donors (Lipinski definition) is 5. The number of nitrogens with one attached hydrogen (secondary N) is 4. The van der Waals surface area contributed by atoms with E-state index in [2.05, 4.69) is 26.3 Å². The lowest BCUT2D eigenvalue weighted by atomic mass is 10.0. The average Bonchev–Trinajstić information content (AvgIpc) is 1.62. The number of aliphatic hydroxyl groups excluding tert-OH is 1. The maximum absolute atomic E-state index is 14.4. The van der Waals surface area contributed by atoms with Crippen LogP contribution in [0.4, 0.5) is 21.9 Å². The zero-order valence-corrected chi connectivity index (χ0v) is 53.9. The van der Waals surface area contributed by atoms with Crippen LogP contribution in [0, 0.1) is 5.92 Å². The van der Waals surface area contributed by atoms with Crippen molar-refractivity contribution >= 4 is 87.4 Å². The van der Waals surface area contributed by atoms with Gasteiger partial charge < -0.3 is 78.8 Å². The van der Waals surface area contributed by atoms with Gasteiger partial charge in [0.25, 0.3) is 11.8 Å². The van der Waals surface area contributed by atoms with Crippen LogP contribution in [0.25, 0.3) is 0 Å². The SMILES string of the molecule is C/C=C/C1=CN2C(=O)c3cc(OC)c(OCCCOc4cc5c(cc4OC)C(=O)N4C=C(/C=C/C)C[C@H]4[C@H](O)N5C(=O)OCc4ccc(NC(=O)[C@H](C)NC(=O)[C@@H](NC(=O)CCOCCOCCOCCOCCNC(=O)CI)C(C)C)cc4)cc3N=C[C@@H]2C1. The Morgan fingerprint density at radius 1 is 0.700 bits per heavy atom. The Morgan fingerprint density at radius 2 is 1.29 bits per heavy atom. The van der Waals surface area contributed by atoms with Crippen molar-refractivity contribution in [1.82, 2.24) is 25.8 Å². The van der Waals surface area contributed by atoms with E-state index in [1.807, 2.05) is 66.9 Å². The molecule has 4 aliphatic heterocycles. The second-order valence-electron chi connectivity index (χ2n) is 21.5. The number of hydrogen-bond acceptors (Lipinski definition) is 18. The molecule has 486 valence electrons. The second kappa shape index (κ2) is 34.9. The summed E-state index contributed by atoms with van der Waals surface area (Å²) in [6, 6.07) is 9.65. The first kappa shape index (κ1) is 69.6. The molecule has 0 unspecified atom stereocenters. The van der Waals surface area contributed by atoms with Gasteiger partial charge in [-0.2, -0.15) is 0 Å². The minimum absolute atomic E-state index is 0.00265. The summed E-state index contributed by atoms with van der Waals surface area (Å²) < 4.78 is 51.8. The molecule has 90 heavy (non-hydrogen) atoms. The van der Waals surface area contributed by atoms with Crippen molar-refractivity contribution in [2.24, 2.45) is 10.9 Å². The minimum atomic E-state index is -1.57. The molecular formula is C64H81IN8O17. The van der Waals surface area contributed by atoms with Gasteiger partial charge in [0, 0.05) is 55.8 Å². The zero-order chi connectivity index (χ0) is 64.7. The average molecular weight is 1360 g/mol. The van der Waals surface area contributed by atoms with Crippen molar-refractivity contribution in [1.29, 1.82) is 0 Å². The Balaban J connectivity index is 0.888. The first-order chi connectivity index (χ1) is 43.5. The molecule has 0 aliphatic carbocycles. The molecule has 3 aromatic rings. The Morgan fingerprint density at radius 3 is 1.91 bits per heavy atom. The molecule has 5 N–H and O–H groups in total. The third kappa shape index (κ3) is 19.1. The van der Waals surface area contributed by atoms with Gasteiger partial charge in [0.2, 0.25) is 23.6 Å². The van der Waals surface area contributed by atoms with Crippen LogP contribution in [0.1, 0.15) is 86.6 Å². The molecule has 0 fully saturated rings. The Bertz CT molecular complexity index is 3170. The highest BCUT2D eigenvalue weighted by molar-refractivity contribution is 14.1. The van der Waals surface area contributed by atoms with E-state index in [-0.39, 0.29) is 92.4 Å². The molecule has 7 rings (SSSR count). The summed E-state index contributed by atoms with van der Waals surface area (Å²) in [7, 11) is 2.91. The highest BCUT2D eigenvalue weighted by Crippen LogP contribution is 2.43. The van der Waals surface area contributed by atoms with E-state index in [0.717, 1.165) is 16.0 Å². The number of aliphatic imine (C=N–C) groups is 1. The smallest absolute Gasteiger partial charge is 0.416 e. The third-order valence-corrected chi connectivity index (χ3v) is 15.3. The fourth-order valence-electron chi connectivity index (χ4n) is 9.99. The zero-order valence-electron chi connectivity index (χ0n) is 51.8. The molecule has 3 aromatic carbocycles. The number of allylic oxidation sites excluding steroid dienone is 4. The molecule has 4 aliphatic rings. The summed E-state index contributed by atoms with van der Waals surface area (Å²) >= 11 is 1.99. The van der Waals surface area contributed by atoms with E-state index in [1.165, 1.54) is 38.2 Å². The number of alkyl halides is 1. The van der Waals surface area contributed by atoms with E-state index < -0.39 is 54.1 Å². The number of nitrogens with zero attached hydrogens (tertiary/aromatic N) is 4. The molecule has 0 aromatic heterocycles. The highest BCUT2D eigenvalue weighted by Gasteiger charge is 2.45. The second-order valence-corrected chi connectivity index (χ2v) is 22.2. The van der Waals surface area contributed by atoms with Gasteiger partial charge in [0.1, 0.15) is 18.7 Å². The van der Waals surface area contributed by atoms with Gasteiger partial charge in [0.05, 0.1) is 119 Å². The molecule has 0 saturated carbocycles. The van der Waals surface area contributed by atoms with Crippen molar-refractivity contribution in [3.8, 4) is 23.0 Å². The van der Waals surface area contributed by atoms with Gasteiger partial charge in [-0.3, -0.25) is 33.8 Å². The molecule has 0 saturated heterocycles. The number of aliphatic hydroxyl groups is 1. The van der Waals surface area contributed by atoms with Gasteiger partial charge >= 0.3 is 6.09 Å². The summed E-state index contributed by atoms with van der Waals surface area (Å²) in [5.41, 5.74) is 3.59. The van der Waals surface area contributed by atoms with E-state index >= 15 is 0 Å². The summed E-state index contributed by atoms with van der Waals surface area (Å²) in [6.45, 7) is 11.8. The number of carbonyl (C=O) groups excluding carboxylic acids is 7. The van der Waals surface area contributed by atoms with Gasteiger partial charge in [-0.1, -0.05) is 72.9 Å². The summed E-state index contributed by atoms with van der Waals surface area (Å²) in [5.74, 6) is -1.41. The predicted octanol–water partition coefficient (Wildman–Crippen LogP) is 6.68. The number of ether oxygens (including phenoxy) is 9. The van der Waals surface area contributed by atoms with E-state index in [4.69, 9.17) is 42.6 Å². The van der Waals surface area contributed by atoms with Crippen LogP contribution in [-0.2, 0) is 49.5 Å². The molecule has 4 heterocycles. The number of fused-ring (bicyclic) bond motifs is 4. The number of benzene rings is 3. The van der Waals surface area contributed by atoms with Crippen LogP contribution >= 0.6 is 22.6 Å². The summed E-state index contributed by atoms with van der Waals surface area (Å²) in [6.07, 6.45) is 11.5. The lowest BCUT2D eigenvalue weighted by Crippen LogP contribution is -2.53. The monoisotopic (exact) mass is 1360 g/mol. The van der Waals surface area contributed by atoms with Crippen LogP contribution in [-0.4, -0.2) is 184 Å². The summed E-state index contributed by atoms with van der Waals surface area (Å²) in [5, 5.41) is 23.0. The largest absolute Gasteiger partial charge is 0.493 e. The maximum Gasteiger partial charge on any atom is 0.416 e. The number of amides is 7. The van der Waals surface area contributed by atoms with Gasteiger partial charge in [-0.05, 0) is 80.5 Å². The number of rotatable bonds is 34. The van der Waals surface area contributed by atoms with Crippen LogP contribution in [0.3, 0.4) is 0 Å². The standard InChI is InChI=1S/C64H81IN8O17/c1-8-11-43-29-46-36-67-49-33-54(52(82-6)31-47(49)61(78)71(46)37-43)88-19-10-20-89-55-34-50-48(32-53(55)83-7)62(79)72-38-44(12-9-2)30-51(72)63(80)73(50)64(81)90-39-42-13-15-45(16-14-42)69-59(76)41(5)68-60(77)58(40(3)4)70-56(74)17-21-84-23-25-86-27-28-87-26-24-85-22-18-66-57(75)35-65/h8-9,11-16,31-34,36-38,40-41,46,51,58,63,80H,10,17-30,35,39H2,1-7H3,(H,66,75)(H,68,77)(H,69,76)(H,70,74)/b11-8+,12-9+/t41-,46-,51-,58-,63-/m0/s1. The van der Waals surface area contributed by atoms with Crippen molar-refractivity contribution in [3.05, 3.63) is 113 Å². The quantitative estimate of drug-likeness (QED) is 0.0237. The number of methoxy groups -OCH3 is 2. The van der Waals surface area contributed by atoms with Gasteiger partial charge in [-0.15, -0.1) is 0 Å². The molecule has 26 heteroatoms. The van der Waals surface area contributed by atoms with Crippen LogP contribution < -0.4 is 45.1 Å². The normalized spacial score (nSPS) is 17.4. The maximum atomic E-state index is 14.4. The van der Waals surface area contributed by atoms with Crippen molar-refractivity contribution in [2.75, 3.05) is 101 Å². The van der Waals surface area contributed by atoms with Gasteiger partial charge in [0.15, 0.2) is 29.2 Å². The number of anilines is 2. The third-order valence-electron chi connectivity index (χ3n) is 14.6. The van der Waals surface area contributed by atoms with Crippen molar-refractivity contribution in [2.45, 2.75) is 97.3 Å². The molecule has 25 nitrogen and oxygen atoms in total. The molecule has 0 spiro atoms. The molecule has 0 radical (unpaired) electrons. The molecule has 5 atom stereocenters. The van der Waals surface area contributed by atoms with Crippen LogP contribution in [0.15, 0.2) is 101 Å². The lowest BCUT2D eigenvalue weighted by Gasteiger charge is -2.31. The van der Waals surface area contributed by atoms with E-state index in [9.17, 15) is 38.7 Å². The lowest BCUT2D eigenvalue weighted by molar-refractivity contribution is -0.132. The van der Waals surface area contributed by atoms with E-state index in [0.29, 0.717) is 97.5 Å². The number of carbonyl (C=O) groups is 7. The first-order valence-corrected chi connectivity index (χ1v) is 31.3. The van der Waals surface area contributed by atoms with Crippen LogP contribution in [0.5, 0.6) is 23.0 Å². The fourth-order valence-corrected chi connectivity index (χ4v) is 10.3. The fraction of sp³-hybridized carbons (Fsp3) is 0.469. The first-order valence-electron chi connectivity index (χ1n) is 29.8. The Labute approximate surface area is 537 Å². The molecular weight excluding hydrogens is 1280 g/mol. The van der Waals surface area contributed by atoms with Crippen LogP contribution in [0.2, 0.25) is 0 Å². The van der Waals surface area contributed by atoms with Gasteiger partial charge in [-0.25, -0.2) is 9.69 Å². The molecule has 0 bridgehead atoms. The van der Waals surface area contributed by atoms with Crippen molar-refractivity contribution in [3.63, 3.8) is 0 Å². The number of halogens is 1. The minimum Gasteiger partial charge on any atom is -0.493 e. The Kier molecular flexibility index (Phi) is 27.0. The highest BCUT2D eigenvalue weighted by atomic mass is 127. The predicted molar refractivity (Wildman–Crippen MR) is 343 cm³/mol. The Hall–Kier alpha value is -7.89.